The lowest BCUT2D eigenvalue weighted by Gasteiger charge is -1.96. The maximum Gasteiger partial charge on any atom is 0.207 e. The summed E-state index contributed by atoms with van der Waals surface area (Å²) in [6, 6.07) is 0. The molecule has 0 aromatic carbocycles. The van der Waals surface area contributed by atoms with Crippen LogP contribution in [-0.4, -0.2) is 18.7 Å². The van der Waals surface area contributed by atoms with Gasteiger partial charge >= 0.3 is 0 Å². The molecule has 0 saturated carbocycles. The van der Waals surface area contributed by atoms with Crippen LogP contribution in [0.25, 0.3) is 0 Å². The van der Waals surface area contributed by atoms with Gasteiger partial charge in [-0.2, -0.15) is 5.10 Å². The van der Waals surface area contributed by atoms with Gasteiger partial charge in [0.15, 0.2) is 0 Å². The molecule has 0 saturated heterocycles. The first kappa shape index (κ1) is 9.14. The van der Waals surface area contributed by atoms with Crippen molar-refractivity contribution in [3.05, 3.63) is 0 Å². The second-order valence-corrected chi connectivity index (χ2v) is 2.10. The van der Waals surface area contributed by atoms with E-state index >= 15 is 0 Å². The quantitative estimate of drug-likeness (QED) is 0.329. The van der Waals surface area contributed by atoms with E-state index in [0.29, 0.717) is 5.90 Å². The number of methoxy groups -OCH3 is 1. The van der Waals surface area contributed by atoms with E-state index in [1.807, 2.05) is 20.8 Å². The van der Waals surface area contributed by atoms with Crippen molar-refractivity contribution in [1.29, 1.82) is 0 Å². The molecule has 3 nitrogen and oxygen atoms in total. The molecule has 0 heterocycles. The Bertz CT molecular complexity index is 140. The lowest BCUT2D eigenvalue weighted by atomic mass is 10.5. The van der Waals surface area contributed by atoms with Crippen LogP contribution in [0.2, 0.25) is 0 Å². The van der Waals surface area contributed by atoms with E-state index in [1.165, 1.54) is 0 Å². The van der Waals surface area contributed by atoms with Crippen molar-refractivity contribution in [2.24, 2.45) is 10.2 Å². The van der Waals surface area contributed by atoms with E-state index in [4.69, 9.17) is 4.74 Å². The van der Waals surface area contributed by atoms with Crippen LogP contribution in [-0.2, 0) is 4.74 Å². The van der Waals surface area contributed by atoms with Gasteiger partial charge < -0.3 is 4.74 Å². The zero-order valence-corrected chi connectivity index (χ0v) is 7.01. The van der Waals surface area contributed by atoms with Gasteiger partial charge in [0.2, 0.25) is 5.90 Å². The molecule has 0 aliphatic rings. The van der Waals surface area contributed by atoms with E-state index in [0.717, 1.165) is 12.1 Å². The molecule has 58 valence electrons. The zero-order chi connectivity index (χ0) is 7.98. The second-order valence-electron chi connectivity index (χ2n) is 2.10. The van der Waals surface area contributed by atoms with Crippen molar-refractivity contribution in [3.8, 4) is 0 Å². The molecule has 0 spiro atoms. The van der Waals surface area contributed by atoms with Crippen molar-refractivity contribution >= 4 is 11.6 Å². The van der Waals surface area contributed by atoms with Crippen LogP contribution in [0, 0.1) is 0 Å². The van der Waals surface area contributed by atoms with E-state index in [2.05, 4.69) is 10.2 Å². The van der Waals surface area contributed by atoms with Crippen molar-refractivity contribution in [2.75, 3.05) is 7.11 Å². The van der Waals surface area contributed by atoms with Crippen LogP contribution < -0.4 is 0 Å². The summed E-state index contributed by atoms with van der Waals surface area (Å²) in [7, 11) is 1.60. The summed E-state index contributed by atoms with van der Waals surface area (Å²) < 4.78 is 4.89. The number of ether oxygens (including phenoxy) is 1. The van der Waals surface area contributed by atoms with E-state index < -0.39 is 0 Å². The largest absolute Gasteiger partial charge is 0.483 e. The summed E-state index contributed by atoms with van der Waals surface area (Å²) in [4.78, 5) is 0. The molecule has 0 bridgehead atoms. The molecule has 0 N–H and O–H groups in total. The Hall–Kier alpha value is -0.860. The maximum absolute atomic E-state index is 4.89. The first-order chi connectivity index (χ1) is 4.70. The standard InChI is InChI=1S/C7H14N2O/c1-5-7(10-4)9-8-6(2)3/h5H2,1-4H3/b9-7+. The Morgan fingerprint density at radius 2 is 1.90 bits per heavy atom. The van der Waals surface area contributed by atoms with E-state index in [9.17, 15) is 0 Å². The number of nitrogens with zero attached hydrogens (tertiary/aromatic N) is 2. The van der Waals surface area contributed by atoms with E-state index in [-0.39, 0.29) is 0 Å². The van der Waals surface area contributed by atoms with Crippen LogP contribution in [0.15, 0.2) is 10.2 Å². The second kappa shape index (κ2) is 4.97. The van der Waals surface area contributed by atoms with Crippen molar-refractivity contribution in [1.82, 2.24) is 0 Å². The highest BCUT2D eigenvalue weighted by molar-refractivity contribution is 5.81. The fourth-order valence-corrected chi connectivity index (χ4v) is 0.412. The molecule has 0 amide bonds. The first-order valence-electron chi connectivity index (χ1n) is 3.32. The number of hydrogen-bond donors (Lipinski definition) is 0. The Kier molecular flexibility index (Phi) is 4.54. The predicted molar refractivity (Wildman–Crippen MR) is 43.5 cm³/mol. The van der Waals surface area contributed by atoms with Crippen LogP contribution in [0.5, 0.6) is 0 Å². The van der Waals surface area contributed by atoms with Gasteiger partial charge in [0.25, 0.3) is 0 Å². The summed E-state index contributed by atoms with van der Waals surface area (Å²) in [6.07, 6.45) is 0.785. The molecule has 0 unspecified atom stereocenters. The summed E-state index contributed by atoms with van der Waals surface area (Å²) >= 11 is 0. The molecule has 10 heavy (non-hydrogen) atoms. The molecule has 3 heteroatoms. The normalized spacial score (nSPS) is 11.0. The number of rotatable bonds is 2. The minimum absolute atomic E-state index is 0.668. The van der Waals surface area contributed by atoms with Gasteiger partial charge in [-0.15, -0.1) is 5.10 Å². The first-order valence-corrected chi connectivity index (χ1v) is 3.32. The van der Waals surface area contributed by atoms with Gasteiger partial charge in [-0.1, -0.05) is 6.92 Å². The third-order valence-corrected chi connectivity index (χ3v) is 0.900. The molecular formula is C7H14N2O. The molecule has 0 radical (unpaired) electrons. The average molecular weight is 142 g/mol. The van der Waals surface area contributed by atoms with Gasteiger partial charge in [-0.25, -0.2) is 0 Å². The Morgan fingerprint density at radius 3 is 2.20 bits per heavy atom. The Morgan fingerprint density at radius 1 is 1.30 bits per heavy atom. The summed E-state index contributed by atoms with van der Waals surface area (Å²) in [6.45, 7) is 5.77. The molecule has 0 fully saturated rings. The fraction of sp³-hybridized carbons (Fsp3) is 0.714. The molecule has 0 rings (SSSR count). The lowest BCUT2D eigenvalue weighted by molar-refractivity contribution is 0.390. The van der Waals surface area contributed by atoms with Crippen LogP contribution in [0.1, 0.15) is 27.2 Å². The van der Waals surface area contributed by atoms with Gasteiger partial charge in [-0.05, 0) is 13.8 Å². The van der Waals surface area contributed by atoms with Crippen LogP contribution in [0.4, 0.5) is 0 Å². The highest BCUT2D eigenvalue weighted by Gasteiger charge is 1.89. The Balaban J connectivity index is 3.99. The van der Waals surface area contributed by atoms with Crippen molar-refractivity contribution in [2.45, 2.75) is 27.2 Å². The van der Waals surface area contributed by atoms with Crippen LogP contribution >= 0.6 is 0 Å². The van der Waals surface area contributed by atoms with Crippen molar-refractivity contribution < 1.29 is 4.74 Å². The maximum atomic E-state index is 4.89. The molecular weight excluding hydrogens is 128 g/mol. The molecule has 0 aliphatic heterocycles. The monoisotopic (exact) mass is 142 g/mol. The molecule has 0 atom stereocenters. The summed E-state index contributed by atoms with van der Waals surface area (Å²) in [5.41, 5.74) is 0.933. The average Bonchev–Trinajstić information content (AvgIpc) is 1.90. The predicted octanol–water partition coefficient (Wildman–Crippen LogP) is 1.84. The van der Waals surface area contributed by atoms with Gasteiger partial charge in [-0.3, -0.25) is 0 Å². The molecule has 0 aliphatic carbocycles. The highest BCUT2D eigenvalue weighted by Crippen LogP contribution is 1.88. The topological polar surface area (TPSA) is 34.0 Å². The van der Waals surface area contributed by atoms with Gasteiger partial charge in [0.05, 0.1) is 7.11 Å². The molecule has 0 aromatic rings. The molecule has 0 aromatic heterocycles. The van der Waals surface area contributed by atoms with Crippen molar-refractivity contribution in [3.63, 3.8) is 0 Å². The van der Waals surface area contributed by atoms with E-state index in [1.54, 1.807) is 7.11 Å². The third kappa shape index (κ3) is 4.06. The zero-order valence-electron chi connectivity index (χ0n) is 7.01. The smallest absolute Gasteiger partial charge is 0.207 e. The minimum Gasteiger partial charge on any atom is -0.483 e. The van der Waals surface area contributed by atoms with Crippen LogP contribution in [0.3, 0.4) is 0 Å². The SMILES string of the molecule is CC/C(=N\N=C(C)C)OC. The lowest BCUT2D eigenvalue weighted by Crippen LogP contribution is -1.97. The Labute approximate surface area is 61.8 Å². The van der Waals surface area contributed by atoms with Gasteiger partial charge in [0.1, 0.15) is 0 Å². The minimum atomic E-state index is 0.668. The fourth-order valence-electron chi connectivity index (χ4n) is 0.412. The summed E-state index contributed by atoms with van der Waals surface area (Å²) in [5, 5.41) is 7.69. The third-order valence-electron chi connectivity index (χ3n) is 0.900. The highest BCUT2D eigenvalue weighted by atomic mass is 16.5. The number of hydrogen-bond acceptors (Lipinski definition) is 3. The van der Waals surface area contributed by atoms with Gasteiger partial charge in [0, 0.05) is 12.1 Å². The summed E-state index contributed by atoms with van der Waals surface area (Å²) in [5.74, 6) is 0.668.